The van der Waals surface area contributed by atoms with Gasteiger partial charge in [0.25, 0.3) is 0 Å². The summed E-state index contributed by atoms with van der Waals surface area (Å²) < 4.78 is 0. The largest absolute Gasteiger partial charge is 0.343 e. The molecule has 1 aliphatic heterocycles. The average Bonchev–Trinajstić information content (AvgIpc) is 2.79. The van der Waals surface area contributed by atoms with Gasteiger partial charge in [0.1, 0.15) is 5.88 Å². The zero-order chi connectivity index (χ0) is 15.9. The maximum Gasteiger partial charge on any atom is 0.238 e. The highest BCUT2D eigenvalue weighted by Gasteiger charge is 2.26. The highest BCUT2D eigenvalue weighted by Crippen LogP contribution is 2.20. The van der Waals surface area contributed by atoms with Gasteiger partial charge in [0.15, 0.2) is 0 Å². The molecule has 0 aliphatic carbocycles. The van der Waals surface area contributed by atoms with Gasteiger partial charge in [-0.2, -0.15) is 0 Å². The molecule has 2 amide bonds. The Bertz CT molecular complexity index is 507. The molecule has 4 nitrogen and oxygen atoms in total. The Kier molecular flexibility index (Phi) is 6.25. The number of hydrogen-bond acceptors (Lipinski definition) is 2. The van der Waals surface area contributed by atoms with E-state index in [1.165, 1.54) is 0 Å². The summed E-state index contributed by atoms with van der Waals surface area (Å²) in [7, 11) is 0. The number of nitrogens with zero attached hydrogens (tertiary/aromatic N) is 2. The maximum atomic E-state index is 12.3. The van der Waals surface area contributed by atoms with E-state index in [1.54, 1.807) is 6.92 Å². The smallest absolute Gasteiger partial charge is 0.238 e. The first kappa shape index (κ1) is 16.8. The van der Waals surface area contributed by atoms with Gasteiger partial charge in [-0.15, -0.1) is 11.6 Å². The molecule has 0 saturated carbocycles. The van der Waals surface area contributed by atoms with Crippen LogP contribution in [0.5, 0.6) is 0 Å². The molecule has 120 valence electrons. The number of hydrogen-bond donors (Lipinski definition) is 0. The maximum absolute atomic E-state index is 12.3. The lowest BCUT2D eigenvalue weighted by Crippen LogP contribution is -2.41. The lowest BCUT2D eigenvalue weighted by atomic mass is 10.1. The van der Waals surface area contributed by atoms with Gasteiger partial charge in [-0.05, 0) is 24.8 Å². The molecule has 0 radical (unpaired) electrons. The van der Waals surface area contributed by atoms with E-state index in [2.05, 4.69) is 0 Å². The molecule has 1 atom stereocenters. The van der Waals surface area contributed by atoms with Crippen LogP contribution in [-0.4, -0.2) is 46.6 Å². The van der Waals surface area contributed by atoms with Gasteiger partial charge < -0.3 is 9.80 Å². The molecule has 1 aromatic carbocycles. The second-order valence-corrected chi connectivity index (χ2v) is 6.00. The van der Waals surface area contributed by atoms with Crippen LogP contribution in [0.25, 0.3) is 0 Å². The summed E-state index contributed by atoms with van der Waals surface area (Å²) in [5.74, 6) is 0.0745. The van der Waals surface area contributed by atoms with Crippen molar-refractivity contribution in [2.75, 3.05) is 19.0 Å². The molecule has 1 heterocycles. The number of rotatable bonds is 4. The Morgan fingerprint density at radius 1 is 1.23 bits per heavy atom. The summed E-state index contributed by atoms with van der Waals surface area (Å²) >= 11 is 5.80. The molecule has 1 saturated heterocycles. The number of carbonyl (C=O) groups excluding carboxylic acids is 2. The number of halogens is 1. The molecule has 2 rings (SSSR count). The van der Waals surface area contributed by atoms with E-state index < -0.39 is 0 Å². The van der Waals surface area contributed by atoms with E-state index in [0.29, 0.717) is 13.1 Å². The minimum atomic E-state index is -0.0354. The van der Waals surface area contributed by atoms with Crippen molar-refractivity contribution in [3.05, 3.63) is 35.9 Å². The average molecular weight is 323 g/mol. The third-order valence-electron chi connectivity index (χ3n) is 4.21. The van der Waals surface area contributed by atoms with Gasteiger partial charge in [-0.25, -0.2) is 0 Å². The van der Waals surface area contributed by atoms with E-state index in [0.717, 1.165) is 31.4 Å². The third-order valence-corrected chi connectivity index (χ3v) is 4.44. The van der Waals surface area contributed by atoms with Crippen LogP contribution in [0.2, 0.25) is 0 Å². The molecule has 0 bridgehead atoms. The molecule has 1 aromatic rings. The molecule has 1 unspecified atom stereocenters. The van der Waals surface area contributed by atoms with Crippen molar-refractivity contribution >= 4 is 23.4 Å². The van der Waals surface area contributed by atoms with E-state index in [9.17, 15) is 9.59 Å². The fourth-order valence-electron chi connectivity index (χ4n) is 2.98. The van der Waals surface area contributed by atoms with Gasteiger partial charge in [0.05, 0.1) is 0 Å². The van der Waals surface area contributed by atoms with Crippen LogP contribution in [0.3, 0.4) is 0 Å². The second-order valence-electron chi connectivity index (χ2n) is 5.73. The highest BCUT2D eigenvalue weighted by molar-refractivity contribution is 6.27. The Morgan fingerprint density at radius 3 is 2.59 bits per heavy atom. The first-order valence-corrected chi connectivity index (χ1v) is 8.30. The van der Waals surface area contributed by atoms with E-state index in [-0.39, 0.29) is 23.7 Å². The first-order chi connectivity index (χ1) is 10.6. The minimum Gasteiger partial charge on any atom is -0.343 e. The summed E-state index contributed by atoms with van der Waals surface area (Å²) in [4.78, 5) is 27.5. The van der Waals surface area contributed by atoms with Crippen LogP contribution in [0.1, 0.15) is 31.7 Å². The van der Waals surface area contributed by atoms with Crippen LogP contribution in [-0.2, 0) is 16.1 Å². The highest BCUT2D eigenvalue weighted by atomic mass is 35.5. The van der Waals surface area contributed by atoms with Crippen molar-refractivity contribution in [1.29, 1.82) is 0 Å². The lowest BCUT2D eigenvalue weighted by molar-refractivity contribution is -0.131. The van der Waals surface area contributed by atoms with Crippen LogP contribution in [0.15, 0.2) is 30.3 Å². The number of likely N-dealkylation sites (tertiary alicyclic amines) is 1. The molecule has 0 spiro atoms. The zero-order valence-electron chi connectivity index (χ0n) is 13.0. The monoisotopic (exact) mass is 322 g/mol. The van der Waals surface area contributed by atoms with Crippen LogP contribution >= 0.6 is 11.6 Å². The molecule has 22 heavy (non-hydrogen) atoms. The van der Waals surface area contributed by atoms with Crippen molar-refractivity contribution < 1.29 is 9.59 Å². The predicted octanol–water partition coefficient (Wildman–Crippen LogP) is 2.66. The van der Waals surface area contributed by atoms with Crippen molar-refractivity contribution in [2.45, 2.75) is 38.8 Å². The number of carbonyl (C=O) groups is 2. The van der Waals surface area contributed by atoms with Crippen LogP contribution < -0.4 is 0 Å². The van der Waals surface area contributed by atoms with Crippen molar-refractivity contribution in [2.24, 2.45) is 0 Å². The van der Waals surface area contributed by atoms with E-state index in [4.69, 9.17) is 11.6 Å². The summed E-state index contributed by atoms with van der Waals surface area (Å²) in [6.45, 7) is 3.67. The van der Waals surface area contributed by atoms with Crippen molar-refractivity contribution in [3.63, 3.8) is 0 Å². The molecular formula is C17H23ClN2O2. The molecule has 0 N–H and O–H groups in total. The standard InChI is InChI=1S/C17H23ClN2O2/c1-14(21)19-10-5-8-16(9-11-19)20(17(22)12-18)13-15-6-3-2-4-7-15/h2-4,6-7,16H,5,8-13H2,1H3. The predicted molar refractivity (Wildman–Crippen MR) is 87.6 cm³/mol. The van der Waals surface area contributed by atoms with Crippen molar-refractivity contribution in [3.8, 4) is 0 Å². The summed E-state index contributed by atoms with van der Waals surface area (Å²) in [6, 6.07) is 10.1. The SMILES string of the molecule is CC(=O)N1CCCC(N(Cc2ccccc2)C(=O)CCl)CC1. The molecule has 1 aliphatic rings. The Balaban J connectivity index is 2.08. The van der Waals surface area contributed by atoms with Gasteiger partial charge in [-0.3, -0.25) is 9.59 Å². The lowest BCUT2D eigenvalue weighted by Gasteiger charge is -2.31. The van der Waals surface area contributed by atoms with Crippen molar-refractivity contribution in [1.82, 2.24) is 9.80 Å². The summed E-state index contributed by atoms with van der Waals surface area (Å²) in [5, 5.41) is 0. The van der Waals surface area contributed by atoms with Crippen LogP contribution in [0, 0.1) is 0 Å². The van der Waals surface area contributed by atoms with Gasteiger partial charge in [0, 0.05) is 32.6 Å². The molecular weight excluding hydrogens is 300 g/mol. The second kappa shape index (κ2) is 8.18. The Morgan fingerprint density at radius 2 is 1.95 bits per heavy atom. The third kappa shape index (κ3) is 4.47. The summed E-state index contributed by atoms with van der Waals surface area (Å²) in [6.07, 6.45) is 2.65. The number of alkyl halides is 1. The van der Waals surface area contributed by atoms with E-state index in [1.807, 2.05) is 40.1 Å². The fraction of sp³-hybridized carbons (Fsp3) is 0.529. The zero-order valence-corrected chi connectivity index (χ0v) is 13.8. The molecule has 0 aromatic heterocycles. The fourth-order valence-corrected chi connectivity index (χ4v) is 3.14. The number of benzene rings is 1. The van der Waals surface area contributed by atoms with Gasteiger partial charge in [0.2, 0.25) is 11.8 Å². The van der Waals surface area contributed by atoms with Gasteiger partial charge >= 0.3 is 0 Å². The molecule has 1 fully saturated rings. The minimum absolute atomic E-state index is 0.000242. The topological polar surface area (TPSA) is 40.6 Å². The van der Waals surface area contributed by atoms with E-state index >= 15 is 0 Å². The van der Waals surface area contributed by atoms with Gasteiger partial charge in [-0.1, -0.05) is 30.3 Å². The molecule has 5 heteroatoms. The van der Waals surface area contributed by atoms with Crippen LogP contribution in [0.4, 0.5) is 0 Å². The number of amides is 2. The first-order valence-electron chi connectivity index (χ1n) is 7.76. The normalized spacial score (nSPS) is 18.6. The Hall–Kier alpha value is -1.55. The Labute approximate surface area is 137 Å². The summed E-state index contributed by atoms with van der Waals surface area (Å²) in [5.41, 5.74) is 1.11. The quantitative estimate of drug-likeness (QED) is 0.800.